The van der Waals surface area contributed by atoms with Crippen LogP contribution in [0.4, 0.5) is 10.5 Å². The Bertz CT molecular complexity index is 797. The van der Waals surface area contributed by atoms with Gasteiger partial charge in [0.05, 0.1) is 6.54 Å². The summed E-state index contributed by atoms with van der Waals surface area (Å²) >= 11 is 0. The third kappa shape index (κ3) is 4.42. The molecule has 0 atom stereocenters. The molecule has 0 unspecified atom stereocenters. The molecule has 122 valence electrons. The zero-order valence-electron chi connectivity index (χ0n) is 13.3. The number of carbonyl (C=O) groups excluding carboxylic acids is 1. The maximum Gasteiger partial charge on any atom is 0.319 e. The second-order valence-corrected chi connectivity index (χ2v) is 5.44. The van der Waals surface area contributed by atoms with Crippen molar-refractivity contribution in [2.75, 3.05) is 5.32 Å². The Morgan fingerprint density at radius 3 is 2.58 bits per heavy atom. The standard InChI is InChI=1S/C18H18N4O2/c1-13-7-9-15(10-8-13)20-18(23)19-12-17-21-16(22-24-17)11-14-5-3-2-4-6-14/h2-10H,11-12H2,1H3,(H2,19,20,23). The number of urea groups is 1. The smallest absolute Gasteiger partial charge is 0.319 e. The van der Waals surface area contributed by atoms with Gasteiger partial charge in [0.1, 0.15) is 0 Å². The molecular weight excluding hydrogens is 304 g/mol. The molecule has 2 N–H and O–H groups in total. The summed E-state index contributed by atoms with van der Waals surface area (Å²) in [5.41, 5.74) is 2.97. The first-order chi connectivity index (χ1) is 11.7. The van der Waals surface area contributed by atoms with Crippen molar-refractivity contribution in [3.8, 4) is 0 Å². The number of nitrogens with zero attached hydrogens (tertiary/aromatic N) is 2. The first-order valence-corrected chi connectivity index (χ1v) is 7.66. The van der Waals surface area contributed by atoms with Gasteiger partial charge in [0.2, 0.25) is 5.89 Å². The molecule has 24 heavy (non-hydrogen) atoms. The highest BCUT2D eigenvalue weighted by Gasteiger charge is 2.09. The van der Waals surface area contributed by atoms with Crippen LogP contribution in [0.5, 0.6) is 0 Å². The van der Waals surface area contributed by atoms with Gasteiger partial charge in [-0.2, -0.15) is 4.98 Å². The van der Waals surface area contributed by atoms with Crippen LogP contribution in [0.2, 0.25) is 0 Å². The topological polar surface area (TPSA) is 80.0 Å². The number of benzene rings is 2. The van der Waals surface area contributed by atoms with Gasteiger partial charge in [-0.1, -0.05) is 53.2 Å². The minimum Gasteiger partial charge on any atom is -0.337 e. The normalized spacial score (nSPS) is 10.4. The van der Waals surface area contributed by atoms with Gasteiger partial charge >= 0.3 is 6.03 Å². The fourth-order valence-electron chi connectivity index (χ4n) is 2.18. The molecule has 0 aliphatic rings. The number of anilines is 1. The molecule has 2 amide bonds. The summed E-state index contributed by atoms with van der Waals surface area (Å²) in [6.07, 6.45) is 0.597. The zero-order chi connectivity index (χ0) is 16.8. The highest BCUT2D eigenvalue weighted by Crippen LogP contribution is 2.09. The van der Waals surface area contributed by atoms with Crippen LogP contribution in [0, 0.1) is 6.92 Å². The van der Waals surface area contributed by atoms with Crippen molar-refractivity contribution in [3.63, 3.8) is 0 Å². The summed E-state index contributed by atoms with van der Waals surface area (Å²) in [5.74, 6) is 0.969. The lowest BCUT2D eigenvalue weighted by molar-refractivity contribution is 0.249. The molecule has 0 saturated heterocycles. The predicted molar refractivity (Wildman–Crippen MR) is 90.6 cm³/mol. The van der Waals surface area contributed by atoms with Gasteiger partial charge in [0.15, 0.2) is 5.82 Å². The maximum absolute atomic E-state index is 11.9. The Morgan fingerprint density at radius 2 is 1.83 bits per heavy atom. The third-order valence-corrected chi connectivity index (χ3v) is 3.42. The van der Waals surface area contributed by atoms with Gasteiger partial charge < -0.3 is 15.2 Å². The number of hydrogen-bond acceptors (Lipinski definition) is 4. The molecule has 0 aliphatic heterocycles. The van der Waals surface area contributed by atoms with E-state index >= 15 is 0 Å². The molecule has 6 nitrogen and oxygen atoms in total. The summed E-state index contributed by atoms with van der Waals surface area (Å²) in [5, 5.41) is 9.36. The van der Waals surface area contributed by atoms with Crippen LogP contribution in [0.3, 0.4) is 0 Å². The number of nitrogens with one attached hydrogen (secondary N) is 2. The van der Waals surface area contributed by atoms with Crippen LogP contribution >= 0.6 is 0 Å². The van der Waals surface area contributed by atoms with E-state index in [-0.39, 0.29) is 12.6 Å². The number of aromatic nitrogens is 2. The van der Waals surface area contributed by atoms with E-state index in [1.807, 2.05) is 61.5 Å². The monoisotopic (exact) mass is 322 g/mol. The molecule has 1 heterocycles. The maximum atomic E-state index is 11.9. The van der Waals surface area contributed by atoms with Crippen LogP contribution in [-0.2, 0) is 13.0 Å². The van der Waals surface area contributed by atoms with Crippen LogP contribution in [0.25, 0.3) is 0 Å². The average molecular weight is 322 g/mol. The fraction of sp³-hybridized carbons (Fsp3) is 0.167. The molecule has 0 aliphatic carbocycles. The fourth-order valence-corrected chi connectivity index (χ4v) is 2.18. The summed E-state index contributed by atoms with van der Waals surface area (Å²) < 4.78 is 5.15. The Labute approximate surface area is 139 Å². The number of rotatable bonds is 5. The summed E-state index contributed by atoms with van der Waals surface area (Å²) in [7, 11) is 0. The summed E-state index contributed by atoms with van der Waals surface area (Å²) in [6, 6.07) is 17.1. The van der Waals surface area contributed by atoms with Crippen LogP contribution < -0.4 is 10.6 Å². The van der Waals surface area contributed by atoms with Crippen molar-refractivity contribution in [1.29, 1.82) is 0 Å². The van der Waals surface area contributed by atoms with Crippen molar-refractivity contribution in [2.45, 2.75) is 19.9 Å². The van der Waals surface area contributed by atoms with E-state index in [1.54, 1.807) is 0 Å². The van der Waals surface area contributed by atoms with E-state index < -0.39 is 0 Å². The third-order valence-electron chi connectivity index (χ3n) is 3.42. The molecular formula is C18H18N4O2. The molecule has 0 saturated carbocycles. The Morgan fingerprint density at radius 1 is 1.08 bits per heavy atom. The van der Waals surface area contributed by atoms with Crippen LogP contribution in [0.1, 0.15) is 22.8 Å². The van der Waals surface area contributed by atoms with Crippen LogP contribution in [-0.4, -0.2) is 16.2 Å². The minimum atomic E-state index is -0.318. The lowest BCUT2D eigenvalue weighted by atomic mass is 10.1. The Kier molecular flexibility index (Phi) is 4.86. The van der Waals surface area contributed by atoms with Gasteiger partial charge in [-0.25, -0.2) is 4.79 Å². The van der Waals surface area contributed by atoms with Crippen LogP contribution in [0.15, 0.2) is 59.1 Å². The van der Waals surface area contributed by atoms with E-state index in [0.717, 1.165) is 16.8 Å². The molecule has 0 radical (unpaired) electrons. The van der Waals surface area contributed by atoms with Gasteiger partial charge in [-0.3, -0.25) is 0 Å². The molecule has 2 aromatic carbocycles. The first kappa shape index (κ1) is 15.7. The van der Waals surface area contributed by atoms with Gasteiger partial charge in [0, 0.05) is 12.1 Å². The van der Waals surface area contributed by atoms with Gasteiger partial charge in [-0.05, 0) is 24.6 Å². The number of amides is 2. The predicted octanol–water partition coefficient (Wildman–Crippen LogP) is 3.29. The number of hydrogen-bond donors (Lipinski definition) is 2. The molecule has 3 rings (SSSR count). The number of carbonyl (C=O) groups is 1. The molecule has 3 aromatic rings. The summed E-state index contributed by atoms with van der Waals surface area (Å²) in [4.78, 5) is 16.1. The van der Waals surface area contributed by atoms with Crippen molar-refractivity contribution in [1.82, 2.24) is 15.5 Å². The Hall–Kier alpha value is -3.15. The van der Waals surface area contributed by atoms with E-state index in [4.69, 9.17) is 4.52 Å². The zero-order valence-corrected chi connectivity index (χ0v) is 13.3. The van der Waals surface area contributed by atoms with Crippen molar-refractivity contribution < 1.29 is 9.32 Å². The van der Waals surface area contributed by atoms with Crippen molar-refractivity contribution in [2.24, 2.45) is 0 Å². The lowest BCUT2D eigenvalue weighted by Gasteiger charge is -2.05. The largest absolute Gasteiger partial charge is 0.337 e. The molecule has 1 aromatic heterocycles. The molecule has 0 bridgehead atoms. The molecule has 0 spiro atoms. The van der Waals surface area contributed by atoms with E-state index in [2.05, 4.69) is 20.8 Å². The Balaban J connectivity index is 1.50. The first-order valence-electron chi connectivity index (χ1n) is 7.66. The van der Waals surface area contributed by atoms with E-state index in [0.29, 0.717) is 18.1 Å². The van der Waals surface area contributed by atoms with Gasteiger partial charge in [0.25, 0.3) is 0 Å². The highest BCUT2D eigenvalue weighted by atomic mass is 16.5. The average Bonchev–Trinajstić information content (AvgIpc) is 3.03. The van der Waals surface area contributed by atoms with E-state index in [1.165, 1.54) is 0 Å². The second-order valence-electron chi connectivity index (χ2n) is 5.44. The lowest BCUT2D eigenvalue weighted by Crippen LogP contribution is -2.28. The van der Waals surface area contributed by atoms with E-state index in [9.17, 15) is 4.79 Å². The number of aryl methyl sites for hydroxylation is 1. The van der Waals surface area contributed by atoms with Crippen molar-refractivity contribution in [3.05, 3.63) is 77.4 Å². The second kappa shape index (κ2) is 7.41. The quantitative estimate of drug-likeness (QED) is 0.755. The van der Waals surface area contributed by atoms with Crippen molar-refractivity contribution >= 4 is 11.7 Å². The highest BCUT2D eigenvalue weighted by molar-refractivity contribution is 5.89. The minimum absolute atomic E-state index is 0.180. The molecule has 6 heteroatoms. The SMILES string of the molecule is Cc1ccc(NC(=O)NCc2nc(Cc3ccccc3)no2)cc1. The summed E-state index contributed by atoms with van der Waals surface area (Å²) in [6.45, 7) is 2.17. The molecule has 0 fully saturated rings. The van der Waals surface area contributed by atoms with Gasteiger partial charge in [-0.15, -0.1) is 0 Å².